The number of rotatable bonds is 3. The molecule has 1 N–H and O–H groups in total. The van der Waals surface area contributed by atoms with Gasteiger partial charge in [-0.2, -0.15) is 0 Å². The number of hydrogen-bond acceptors (Lipinski definition) is 4. The summed E-state index contributed by atoms with van der Waals surface area (Å²) >= 11 is 0. The molecule has 0 aliphatic carbocycles. The van der Waals surface area contributed by atoms with Gasteiger partial charge in [0.25, 0.3) is 11.8 Å². The summed E-state index contributed by atoms with van der Waals surface area (Å²) in [6.45, 7) is 5.46. The van der Waals surface area contributed by atoms with Gasteiger partial charge in [-0.15, -0.1) is 0 Å². The lowest BCUT2D eigenvalue weighted by Crippen LogP contribution is -2.52. The minimum Gasteiger partial charge on any atom is -0.391 e. The molecule has 0 unspecified atom stereocenters. The lowest BCUT2D eigenvalue weighted by molar-refractivity contribution is -0.140. The molecule has 2 aliphatic rings. The summed E-state index contributed by atoms with van der Waals surface area (Å²) in [5.41, 5.74) is 2.26. The highest BCUT2D eigenvalue weighted by molar-refractivity contribution is 5.98. The molecule has 2 atom stereocenters. The largest absolute Gasteiger partial charge is 0.391 e. The van der Waals surface area contributed by atoms with E-state index in [4.69, 9.17) is 0 Å². The van der Waals surface area contributed by atoms with E-state index in [1.165, 1.54) is 0 Å². The SMILES string of the molecule is CC(C)n1cnc2c1[C@H](C(=O)N1CCC[C@H](O)C1)N(C(=O)c1ccccc1)CC2. The van der Waals surface area contributed by atoms with Crippen molar-refractivity contribution in [3.63, 3.8) is 0 Å². The fraction of sp³-hybridized carbons (Fsp3) is 0.500. The first-order chi connectivity index (χ1) is 14.0. The average molecular weight is 396 g/mol. The van der Waals surface area contributed by atoms with Gasteiger partial charge in [0.1, 0.15) is 0 Å². The van der Waals surface area contributed by atoms with E-state index in [1.807, 2.05) is 36.6 Å². The summed E-state index contributed by atoms with van der Waals surface area (Å²) in [6.07, 6.45) is 3.36. The third kappa shape index (κ3) is 3.67. The van der Waals surface area contributed by atoms with Crippen molar-refractivity contribution in [2.75, 3.05) is 19.6 Å². The summed E-state index contributed by atoms with van der Waals surface area (Å²) < 4.78 is 2.00. The van der Waals surface area contributed by atoms with Crippen LogP contribution in [0.1, 0.15) is 60.5 Å². The van der Waals surface area contributed by atoms with E-state index < -0.39 is 12.1 Å². The number of nitrogens with zero attached hydrogens (tertiary/aromatic N) is 4. The first-order valence-corrected chi connectivity index (χ1v) is 10.4. The van der Waals surface area contributed by atoms with Crippen LogP contribution in [0.3, 0.4) is 0 Å². The Morgan fingerprint density at radius 1 is 1.17 bits per heavy atom. The number of β-amino-alcohol motifs (C(OH)–C–C–N with tert-alkyl or cyclic N) is 1. The second-order valence-electron chi connectivity index (χ2n) is 8.17. The van der Waals surface area contributed by atoms with Gasteiger partial charge < -0.3 is 19.5 Å². The van der Waals surface area contributed by atoms with Gasteiger partial charge in [0.05, 0.1) is 23.8 Å². The predicted octanol–water partition coefficient (Wildman–Crippen LogP) is 2.19. The van der Waals surface area contributed by atoms with Crippen molar-refractivity contribution in [1.82, 2.24) is 19.4 Å². The van der Waals surface area contributed by atoms with Crippen LogP contribution in [0, 0.1) is 0 Å². The second kappa shape index (κ2) is 7.99. The molecule has 1 aromatic carbocycles. The first-order valence-electron chi connectivity index (χ1n) is 10.4. The molecule has 1 fully saturated rings. The molecule has 3 heterocycles. The number of aliphatic hydroxyl groups excluding tert-OH is 1. The number of aromatic nitrogens is 2. The van der Waals surface area contributed by atoms with Crippen LogP contribution in [-0.2, 0) is 11.2 Å². The maximum atomic E-state index is 13.7. The standard InChI is InChI=1S/C22H28N4O3/c1-15(2)26-14-23-18-10-12-25(21(28)16-7-4-3-5-8-16)20(19(18)26)22(29)24-11-6-9-17(27)13-24/h3-5,7-8,14-15,17,20,27H,6,9-13H2,1-2H3/t17-,20+/m0/s1. The minimum absolute atomic E-state index is 0.125. The highest BCUT2D eigenvalue weighted by atomic mass is 16.3. The van der Waals surface area contributed by atoms with Gasteiger partial charge in [-0.1, -0.05) is 18.2 Å². The van der Waals surface area contributed by atoms with Crippen LogP contribution in [0.4, 0.5) is 0 Å². The lowest BCUT2D eigenvalue weighted by atomic mass is 9.97. The van der Waals surface area contributed by atoms with Crippen LogP contribution >= 0.6 is 0 Å². The summed E-state index contributed by atoms with van der Waals surface area (Å²) in [6, 6.07) is 8.50. The van der Waals surface area contributed by atoms with E-state index in [0.29, 0.717) is 38.0 Å². The molecule has 7 nitrogen and oxygen atoms in total. The zero-order valence-corrected chi connectivity index (χ0v) is 17.0. The third-order valence-corrected chi connectivity index (χ3v) is 5.85. The molecule has 0 radical (unpaired) electrons. The Hall–Kier alpha value is -2.67. The first kappa shape index (κ1) is 19.6. The monoisotopic (exact) mass is 396 g/mol. The van der Waals surface area contributed by atoms with Crippen LogP contribution in [0.2, 0.25) is 0 Å². The summed E-state index contributed by atoms with van der Waals surface area (Å²) in [7, 11) is 0. The van der Waals surface area contributed by atoms with Crippen LogP contribution < -0.4 is 0 Å². The topological polar surface area (TPSA) is 78.7 Å². The minimum atomic E-state index is -0.721. The Bertz CT molecular complexity index is 893. The Balaban J connectivity index is 1.75. The van der Waals surface area contributed by atoms with Crippen molar-refractivity contribution in [2.24, 2.45) is 0 Å². The number of likely N-dealkylation sites (tertiary alicyclic amines) is 1. The van der Waals surface area contributed by atoms with Gasteiger partial charge in [-0.3, -0.25) is 9.59 Å². The molecule has 2 amide bonds. The van der Waals surface area contributed by atoms with E-state index in [9.17, 15) is 14.7 Å². The number of fused-ring (bicyclic) bond motifs is 1. The molecule has 2 aromatic rings. The molecule has 0 spiro atoms. The highest BCUT2D eigenvalue weighted by Crippen LogP contribution is 2.34. The van der Waals surface area contributed by atoms with Gasteiger partial charge >= 0.3 is 0 Å². The van der Waals surface area contributed by atoms with E-state index in [0.717, 1.165) is 17.8 Å². The molecule has 2 aliphatic heterocycles. The zero-order chi connectivity index (χ0) is 20.5. The molecule has 29 heavy (non-hydrogen) atoms. The number of carbonyl (C=O) groups excluding carboxylic acids is 2. The van der Waals surface area contributed by atoms with Gasteiger partial charge in [0.15, 0.2) is 6.04 Å². The van der Waals surface area contributed by atoms with Crippen LogP contribution in [0.5, 0.6) is 0 Å². The Morgan fingerprint density at radius 2 is 1.93 bits per heavy atom. The predicted molar refractivity (Wildman–Crippen MR) is 108 cm³/mol. The number of amides is 2. The maximum Gasteiger partial charge on any atom is 0.254 e. The molecule has 154 valence electrons. The molecule has 0 bridgehead atoms. The van der Waals surface area contributed by atoms with Gasteiger partial charge in [0, 0.05) is 37.7 Å². The highest BCUT2D eigenvalue weighted by Gasteiger charge is 2.42. The summed E-state index contributed by atoms with van der Waals surface area (Å²) in [4.78, 5) is 34.9. The Kier molecular flexibility index (Phi) is 5.41. The van der Waals surface area contributed by atoms with Crippen molar-refractivity contribution in [3.05, 3.63) is 53.6 Å². The van der Waals surface area contributed by atoms with Gasteiger partial charge in [-0.25, -0.2) is 4.98 Å². The Morgan fingerprint density at radius 3 is 2.62 bits per heavy atom. The summed E-state index contributed by atoms with van der Waals surface area (Å²) in [5, 5.41) is 10.1. The number of piperidine rings is 1. The van der Waals surface area contributed by atoms with Crippen molar-refractivity contribution >= 4 is 11.8 Å². The fourth-order valence-corrected chi connectivity index (χ4v) is 4.36. The number of imidazole rings is 1. The lowest BCUT2D eigenvalue weighted by Gasteiger charge is -2.40. The van der Waals surface area contributed by atoms with Crippen molar-refractivity contribution in [3.8, 4) is 0 Å². The van der Waals surface area contributed by atoms with Crippen molar-refractivity contribution in [1.29, 1.82) is 0 Å². The maximum absolute atomic E-state index is 13.7. The van der Waals surface area contributed by atoms with Crippen LogP contribution in [0.15, 0.2) is 36.7 Å². The second-order valence-corrected chi connectivity index (χ2v) is 8.17. The quantitative estimate of drug-likeness (QED) is 0.863. The molecule has 1 saturated heterocycles. The smallest absolute Gasteiger partial charge is 0.254 e. The molecule has 1 aromatic heterocycles. The third-order valence-electron chi connectivity index (χ3n) is 5.85. The average Bonchev–Trinajstić information content (AvgIpc) is 3.17. The van der Waals surface area contributed by atoms with E-state index in [1.54, 1.807) is 28.3 Å². The van der Waals surface area contributed by atoms with Crippen molar-refractivity contribution in [2.45, 2.75) is 51.3 Å². The summed E-state index contributed by atoms with van der Waals surface area (Å²) in [5.74, 6) is -0.278. The van der Waals surface area contributed by atoms with E-state index in [2.05, 4.69) is 4.98 Å². The van der Waals surface area contributed by atoms with E-state index in [-0.39, 0.29) is 17.9 Å². The Labute approximate surface area is 170 Å². The molecular weight excluding hydrogens is 368 g/mol. The molecule has 0 saturated carbocycles. The molecule has 7 heteroatoms. The molecule has 4 rings (SSSR count). The fourth-order valence-electron chi connectivity index (χ4n) is 4.36. The number of carbonyl (C=O) groups is 2. The number of aliphatic hydroxyl groups is 1. The van der Waals surface area contributed by atoms with E-state index >= 15 is 0 Å². The van der Waals surface area contributed by atoms with Gasteiger partial charge in [0.2, 0.25) is 0 Å². The van der Waals surface area contributed by atoms with Gasteiger partial charge in [-0.05, 0) is 38.8 Å². The normalized spacial score (nSPS) is 21.9. The van der Waals surface area contributed by atoms with Crippen LogP contribution in [-0.4, -0.2) is 62.0 Å². The molecular formula is C22H28N4O3. The van der Waals surface area contributed by atoms with Crippen molar-refractivity contribution < 1.29 is 14.7 Å². The number of benzene rings is 1. The van der Waals surface area contributed by atoms with Crippen LogP contribution in [0.25, 0.3) is 0 Å². The zero-order valence-electron chi connectivity index (χ0n) is 17.0. The number of hydrogen-bond donors (Lipinski definition) is 1.